The fourth-order valence-electron chi connectivity index (χ4n) is 2.95. The molecule has 0 aliphatic carbocycles. The summed E-state index contributed by atoms with van der Waals surface area (Å²) in [5.41, 5.74) is 2.34. The van der Waals surface area contributed by atoms with Gasteiger partial charge in [-0.15, -0.1) is 5.10 Å². The first-order chi connectivity index (χ1) is 12.4. The van der Waals surface area contributed by atoms with Crippen LogP contribution in [0.15, 0.2) is 30.3 Å². The monoisotopic (exact) mass is 358 g/mol. The zero-order chi connectivity index (χ0) is 18.7. The second kappa shape index (κ2) is 7.57. The highest BCUT2D eigenvalue weighted by Crippen LogP contribution is 2.15. The van der Waals surface area contributed by atoms with Crippen LogP contribution >= 0.6 is 0 Å². The predicted octanol–water partition coefficient (Wildman–Crippen LogP) is 1.68. The fourth-order valence-corrected chi connectivity index (χ4v) is 2.95. The van der Waals surface area contributed by atoms with Gasteiger partial charge in [-0.25, -0.2) is 4.79 Å². The molecule has 1 aromatic carbocycles. The number of aryl methyl sites for hydroxylation is 1. The number of hydrogen-bond donors (Lipinski definition) is 1. The van der Waals surface area contributed by atoms with Crippen LogP contribution in [0.1, 0.15) is 21.6 Å². The van der Waals surface area contributed by atoms with Crippen LogP contribution in [0.4, 0.5) is 4.79 Å². The molecule has 0 unspecified atom stereocenters. The van der Waals surface area contributed by atoms with E-state index in [1.807, 2.05) is 36.1 Å². The lowest BCUT2D eigenvalue weighted by atomic mass is 10.1. The standard InChI is InChI=1S/C18H22N4O4/c1-13-10-16(26-18(24)25)19-22(13)12-14-4-3-5-15(11-14)17(23)21-8-6-20(2)7-9-21/h3-5,10-11H,6-9,12H2,1-2H3,(H,24,25). The lowest BCUT2D eigenvalue weighted by Crippen LogP contribution is -2.47. The molecule has 3 rings (SSSR count). The van der Waals surface area contributed by atoms with E-state index in [2.05, 4.69) is 21.8 Å². The van der Waals surface area contributed by atoms with Gasteiger partial charge in [-0.2, -0.15) is 0 Å². The second-order valence-electron chi connectivity index (χ2n) is 6.45. The molecular formula is C18H22N4O4. The van der Waals surface area contributed by atoms with Gasteiger partial charge in [0.2, 0.25) is 5.88 Å². The maximum atomic E-state index is 12.7. The van der Waals surface area contributed by atoms with Gasteiger partial charge < -0.3 is 19.6 Å². The SMILES string of the molecule is Cc1cc(OC(=O)O)nn1Cc1cccc(C(=O)N2CCN(C)CC2)c1. The van der Waals surface area contributed by atoms with Crippen molar-refractivity contribution in [2.75, 3.05) is 33.2 Å². The van der Waals surface area contributed by atoms with Crippen molar-refractivity contribution in [2.24, 2.45) is 0 Å². The molecule has 0 radical (unpaired) electrons. The minimum Gasteiger partial charge on any atom is -0.449 e. The Bertz CT molecular complexity index is 809. The van der Waals surface area contributed by atoms with E-state index in [-0.39, 0.29) is 11.8 Å². The number of amides is 1. The molecule has 0 bridgehead atoms. The summed E-state index contributed by atoms with van der Waals surface area (Å²) in [7, 11) is 2.05. The number of piperazine rings is 1. The Kier molecular flexibility index (Phi) is 5.22. The number of nitrogens with zero attached hydrogens (tertiary/aromatic N) is 4. The van der Waals surface area contributed by atoms with Gasteiger partial charge in [0, 0.05) is 43.5 Å². The quantitative estimate of drug-likeness (QED) is 0.837. The van der Waals surface area contributed by atoms with Crippen LogP contribution in [0.2, 0.25) is 0 Å². The Morgan fingerprint density at radius 2 is 1.92 bits per heavy atom. The van der Waals surface area contributed by atoms with E-state index in [9.17, 15) is 9.59 Å². The van der Waals surface area contributed by atoms with Gasteiger partial charge in [0.05, 0.1) is 6.54 Å². The van der Waals surface area contributed by atoms with Crippen molar-refractivity contribution in [3.63, 3.8) is 0 Å². The van der Waals surface area contributed by atoms with Gasteiger partial charge >= 0.3 is 6.16 Å². The third kappa shape index (κ3) is 4.20. The first-order valence-electron chi connectivity index (χ1n) is 8.44. The Balaban J connectivity index is 1.72. The lowest BCUT2D eigenvalue weighted by Gasteiger charge is -2.32. The Hall–Kier alpha value is -2.87. The highest BCUT2D eigenvalue weighted by molar-refractivity contribution is 5.94. The highest BCUT2D eigenvalue weighted by atomic mass is 16.7. The Morgan fingerprint density at radius 3 is 2.62 bits per heavy atom. The van der Waals surface area contributed by atoms with Crippen LogP contribution in [0.3, 0.4) is 0 Å². The minimum atomic E-state index is -1.39. The van der Waals surface area contributed by atoms with E-state index >= 15 is 0 Å². The van der Waals surface area contributed by atoms with E-state index < -0.39 is 6.16 Å². The van der Waals surface area contributed by atoms with E-state index in [1.165, 1.54) is 0 Å². The van der Waals surface area contributed by atoms with Crippen LogP contribution in [0, 0.1) is 6.92 Å². The molecule has 1 aliphatic heterocycles. The number of ether oxygens (including phenoxy) is 1. The molecule has 0 atom stereocenters. The van der Waals surface area contributed by atoms with Gasteiger partial charge in [-0.3, -0.25) is 9.48 Å². The molecule has 1 amide bonds. The lowest BCUT2D eigenvalue weighted by molar-refractivity contribution is 0.0664. The molecule has 138 valence electrons. The molecule has 0 spiro atoms. The number of rotatable bonds is 4. The number of carbonyl (C=O) groups excluding carboxylic acids is 1. The number of hydrogen-bond acceptors (Lipinski definition) is 5. The summed E-state index contributed by atoms with van der Waals surface area (Å²) in [6.45, 7) is 5.47. The van der Waals surface area contributed by atoms with Crippen molar-refractivity contribution in [1.82, 2.24) is 19.6 Å². The third-order valence-electron chi connectivity index (χ3n) is 4.45. The van der Waals surface area contributed by atoms with E-state index in [4.69, 9.17) is 5.11 Å². The average molecular weight is 358 g/mol. The first-order valence-corrected chi connectivity index (χ1v) is 8.44. The number of likely N-dealkylation sites (N-methyl/N-ethyl adjacent to an activating group) is 1. The average Bonchev–Trinajstić information content (AvgIpc) is 2.93. The molecule has 0 saturated carbocycles. The van der Waals surface area contributed by atoms with Crippen LogP contribution in [0.5, 0.6) is 5.88 Å². The van der Waals surface area contributed by atoms with Gasteiger partial charge in [0.25, 0.3) is 5.91 Å². The smallest absolute Gasteiger partial charge is 0.449 e. The first kappa shape index (κ1) is 17.9. The number of benzene rings is 1. The van der Waals surface area contributed by atoms with Crippen molar-refractivity contribution < 1.29 is 19.4 Å². The van der Waals surface area contributed by atoms with Gasteiger partial charge in [0.15, 0.2) is 0 Å². The summed E-state index contributed by atoms with van der Waals surface area (Å²) in [5, 5.41) is 12.8. The van der Waals surface area contributed by atoms with Gasteiger partial charge in [-0.1, -0.05) is 12.1 Å². The van der Waals surface area contributed by atoms with Crippen LogP contribution in [-0.2, 0) is 6.54 Å². The number of carboxylic acid groups (broad SMARTS) is 1. The molecule has 2 heterocycles. The van der Waals surface area contributed by atoms with Crippen molar-refractivity contribution >= 4 is 12.1 Å². The zero-order valence-corrected chi connectivity index (χ0v) is 14.9. The second-order valence-corrected chi connectivity index (χ2v) is 6.45. The van der Waals surface area contributed by atoms with Gasteiger partial charge in [-0.05, 0) is 31.7 Å². The van der Waals surface area contributed by atoms with Gasteiger partial charge in [0.1, 0.15) is 0 Å². The normalized spacial score (nSPS) is 15.1. The van der Waals surface area contributed by atoms with Crippen molar-refractivity contribution in [1.29, 1.82) is 0 Å². The summed E-state index contributed by atoms with van der Waals surface area (Å²) >= 11 is 0. The molecule has 1 saturated heterocycles. The summed E-state index contributed by atoms with van der Waals surface area (Å²) in [5.74, 6) is 0.0757. The minimum absolute atomic E-state index is 0.0343. The van der Waals surface area contributed by atoms with Crippen LogP contribution in [0.25, 0.3) is 0 Å². The summed E-state index contributed by atoms with van der Waals surface area (Å²) in [6.07, 6.45) is -1.39. The van der Waals surface area contributed by atoms with Crippen molar-refractivity contribution in [2.45, 2.75) is 13.5 Å². The van der Waals surface area contributed by atoms with E-state index in [1.54, 1.807) is 10.7 Å². The maximum absolute atomic E-state index is 12.7. The zero-order valence-electron chi connectivity index (χ0n) is 14.9. The van der Waals surface area contributed by atoms with Crippen molar-refractivity contribution in [3.05, 3.63) is 47.2 Å². The molecule has 8 heteroatoms. The largest absolute Gasteiger partial charge is 0.512 e. The predicted molar refractivity (Wildman–Crippen MR) is 94.6 cm³/mol. The summed E-state index contributed by atoms with van der Waals surface area (Å²) < 4.78 is 6.23. The molecule has 26 heavy (non-hydrogen) atoms. The molecular weight excluding hydrogens is 336 g/mol. The summed E-state index contributed by atoms with van der Waals surface area (Å²) in [4.78, 5) is 27.4. The topological polar surface area (TPSA) is 87.9 Å². The third-order valence-corrected chi connectivity index (χ3v) is 4.45. The Morgan fingerprint density at radius 1 is 1.19 bits per heavy atom. The molecule has 8 nitrogen and oxygen atoms in total. The number of aromatic nitrogens is 2. The number of carbonyl (C=O) groups is 2. The maximum Gasteiger partial charge on any atom is 0.512 e. The molecule has 2 aromatic rings. The highest BCUT2D eigenvalue weighted by Gasteiger charge is 2.20. The molecule has 1 fully saturated rings. The molecule has 1 aromatic heterocycles. The van der Waals surface area contributed by atoms with E-state index in [0.29, 0.717) is 12.1 Å². The van der Waals surface area contributed by atoms with Crippen LogP contribution < -0.4 is 4.74 Å². The van der Waals surface area contributed by atoms with E-state index in [0.717, 1.165) is 37.4 Å². The molecule has 1 aliphatic rings. The summed E-state index contributed by atoms with van der Waals surface area (Å²) in [6, 6.07) is 9.01. The Labute approximate surface area is 151 Å². The van der Waals surface area contributed by atoms with Crippen LogP contribution in [-0.4, -0.2) is 70.0 Å². The molecule has 1 N–H and O–H groups in total. The fraction of sp³-hybridized carbons (Fsp3) is 0.389. The van der Waals surface area contributed by atoms with Crippen molar-refractivity contribution in [3.8, 4) is 5.88 Å².